The molecule has 0 saturated carbocycles. The lowest BCUT2D eigenvalue weighted by molar-refractivity contribution is 0.442. The molecule has 1 aromatic heterocycles. The highest BCUT2D eigenvalue weighted by Crippen LogP contribution is 2.14. The van der Waals surface area contributed by atoms with Crippen LogP contribution in [0, 0.1) is 0 Å². The van der Waals surface area contributed by atoms with Gasteiger partial charge in [0.1, 0.15) is 0 Å². The predicted molar refractivity (Wildman–Crippen MR) is 84.0 cm³/mol. The van der Waals surface area contributed by atoms with Crippen LogP contribution in [-0.2, 0) is 6.54 Å². The van der Waals surface area contributed by atoms with Crippen LogP contribution in [0.2, 0.25) is 0 Å². The normalized spacial score (nSPS) is 11.2. The van der Waals surface area contributed by atoms with Gasteiger partial charge in [-0.1, -0.05) is 44.9 Å². The smallest absolute Gasteiger partial charge is 0.0690 e. The van der Waals surface area contributed by atoms with E-state index in [1.807, 2.05) is 23.1 Å². The topological polar surface area (TPSA) is 29.9 Å². The summed E-state index contributed by atoms with van der Waals surface area (Å²) >= 11 is 0. The van der Waals surface area contributed by atoms with Gasteiger partial charge in [0.15, 0.2) is 0 Å². The molecule has 3 heteroatoms. The number of hydrogen-bond donors (Lipinski definition) is 1. The minimum absolute atomic E-state index is 0.621. The lowest BCUT2D eigenvalue weighted by atomic mass is 10.1. The summed E-state index contributed by atoms with van der Waals surface area (Å²) in [6.07, 6.45) is 8.78. The number of aromatic nitrogens is 2. The van der Waals surface area contributed by atoms with Crippen molar-refractivity contribution in [3.8, 4) is 5.69 Å². The van der Waals surface area contributed by atoms with Crippen molar-refractivity contribution >= 4 is 0 Å². The van der Waals surface area contributed by atoms with Gasteiger partial charge in [-0.15, -0.1) is 0 Å². The number of benzene rings is 1. The van der Waals surface area contributed by atoms with E-state index in [2.05, 4.69) is 48.5 Å². The quantitative estimate of drug-likeness (QED) is 0.788. The molecule has 0 aliphatic heterocycles. The Morgan fingerprint density at radius 2 is 1.85 bits per heavy atom. The van der Waals surface area contributed by atoms with E-state index in [1.54, 1.807) is 0 Å². The molecule has 0 aliphatic rings. The second-order valence-electron chi connectivity index (χ2n) is 5.23. The third-order valence-electron chi connectivity index (χ3n) is 3.60. The highest BCUT2D eigenvalue weighted by Gasteiger charge is 2.08. The van der Waals surface area contributed by atoms with Crippen LogP contribution in [0.5, 0.6) is 0 Å². The van der Waals surface area contributed by atoms with E-state index < -0.39 is 0 Å². The lowest BCUT2D eigenvalue weighted by Gasteiger charge is -2.18. The van der Waals surface area contributed by atoms with E-state index in [1.165, 1.54) is 31.2 Å². The molecule has 108 valence electrons. The van der Waals surface area contributed by atoms with Gasteiger partial charge in [0.05, 0.1) is 5.69 Å². The van der Waals surface area contributed by atoms with Gasteiger partial charge in [-0.25, -0.2) is 4.68 Å². The van der Waals surface area contributed by atoms with Crippen molar-refractivity contribution < 1.29 is 0 Å². The van der Waals surface area contributed by atoms with Crippen molar-refractivity contribution in [2.24, 2.45) is 0 Å². The molecule has 2 aromatic rings. The number of nitrogens with zero attached hydrogens (tertiary/aromatic N) is 2. The number of para-hydroxylation sites is 1. The van der Waals surface area contributed by atoms with E-state index in [-0.39, 0.29) is 0 Å². The maximum atomic E-state index is 4.34. The minimum Gasteiger partial charge on any atom is -0.310 e. The zero-order valence-electron chi connectivity index (χ0n) is 12.5. The summed E-state index contributed by atoms with van der Waals surface area (Å²) in [6.45, 7) is 5.41. The monoisotopic (exact) mass is 271 g/mol. The highest BCUT2D eigenvalue weighted by atomic mass is 15.3. The molecule has 0 amide bonds. The molecular weight excluding hydrogens is 246 g/mol. The molecule has 0 atom stereocenters. The van der Waals surface area contributed by atoms with E-state index in [0.717, 1.165) is 12.2 Å². The summed E-state index contributed by atoms with van der Waals surface area (Å²) in [5.41, 5.74) is 2.46. The van der Waals surface area contributed by atoms with Gasteiger partial charge >= 0.3 is 0 Å². The molecule has 1 heterocycles. The summed E-state index contributed by atoms with van der Waals surface area (Å²) in [5.74, 6) is 0. The van der Waals surface area contributed by atoms with Gasteiger partial charge < -0.3 is 5.32 Å². The van der Waals surface area contributed by atoms with Crippen LogP contribution in [0.4, 0.5) is 0 Å². The molecule has 0 saturated heterocycles. The third kappa shape index (κ3) is 3.94. The van der Waals surface area contributed by atoms with Crippen LogP contribution in [0.25, 0.3) is 5.69 Å². The summed E-state index contributed by atoms with van der Waals surface area (Å²) in [6, 6.07) is 11.0. The summed E-state index contributed by atoms with van der Waals surface area (Å²) in [7, 11) is 0. The Hall–Kier alpha value is -1.61. The van der Waals surface area contributed by atoms with Gasteiger partial charge in [0.25, 0.3) is 0 Å². The van der Waals surface area contributed by atoms with E-state index in [9.17, 15) is 0 Å². The zero-order valence-corrected chi connectivity index (χ0v) is 12.5. The second-order valence-corrected chi connectivity index (χ2v) is 5.23. The zero-order chi connectivity index (χ0) is 14.2. The largest absolute Gasteiger partial charge is 0.310 e. The molecule has 0 aliphatic carbocycles. The first-order valence-corrected chi connectivity index (χ1v) is 7.66. The summed E-state index contributed by atoms with van der Waals surface area (Å²) < 4.78 is 1.94. The molecule has 0 unspecified atom stereocenters. The van der Waals surface area contributed by atoms with E-state index >= 15 is 0 Å². The highest BCUT2D eigenvalue weighted by molar-refractivity contribution is 5.40. The molecule has 1 aromatic carbocycles. The average Bonchev–Trinajstić information content (AvgIpc) is 2.99. The first-order chi connectivity index (χ1) is 9.85. The van der Waals surface area contributed by atoms with Gasteiger partial charge in [-0.05, 0) is 30.5 Å². The Morgan fingerprint density at radius 1 is 1.10 bits per heavy atom. The Labute approximate surface area is 122 Å². The van der Waals surface area contributed by atoms with E-state index in [0.29, 0.717) is 6.04 Å². The first-order valence-electron chi connectivity index (χ1n) is 7.66. The Bertz CT molecular complexity index is 485. The average molecular weight is 271 g/mol. The lowest BCUT2D eigenvalue weighted by Crippen LogP contribution is -2.28. The molecule has 0 radical (unpaired) electrons. The fourth-order valence-corrected chi connectivity index (χ4v) is 2.59. The Balaban J connectivity index is 2.06. The van der Waals surface area contributed by atoms with Gasteiger partial charge in [-0.2, -0.15) is 5.10 Å². The number of nitrogens with one attached hydrogen (secondary N) is 1. The van der Waals surface area contributed by atoms with Crippen molar-refractivity contribution in [3.05, 3.63) is 48.3 Å². The SMILES string of the molecule is CCCC(CCC)NCc1ccccc1-n1cccn1. The predicted octanol–water partition coefficient (Wildman–Crippen LogP) is 3.93. The third-order valence-corrected chi connectivity index (χ3v) is 3.60. The van der Waals surface area contributed by atoms with Crippen molar-refractivity contribution in [1.82, 2.24) is 15.1 Å². The molecule has 3 nitrogen and oxygen atoms in total. The molecule has 1 N–H and O–H groups in total. The fraction of sp³-hybridized carbons (Fsp3) is 0.471. The Morgan fingerprint density at radius 3 is 2.50 bits per heavy atom. The van der Waals surface area contributed by atoms with Gasteiger partial charge in [0, 0.05) is 25.0 Å². The van der Waals surface area contributed by atoms with Crippen molar-refractivity contribution in [1.29, 1.82) is 0 Å². The van der Waals surface area contributed by atoms with Crippen LogP contribution in [0.15, 0.2) is 42.7 Å². The summed E-state index contributed by atoms with van der Waals surface area (Å²) in [4.78, 5) is 0. The molecule has 20 heavy (non-hydrogen) atoms. The molecular formula is C17H25N3. The minimum atomic E-state index is 0.621. The van der Waals surface area contributed by atoms with Crippen molar-refractivity contribution in [3.63, 3.8) is 0 Å². The fourth-order valence-electron chi connectivity index (χ4n) is 2.59. The molecule has 0 bridgehead atoms. The second kappa shape index (κ2) is 7.85. The van der Waals surface area contributed by atoms with Crippen LogP contribution >= 0.6 is 0 Å². The molecule has 2 rings (SSSR count). The maximum Gasteiger partial charge on any atom is 0.0690 e. The molecule has 0 spiro atoms. The standard InChI is InChI=1S/C17H25N3/c1-3-8-16(9-4-2)18-14-15-10-5-6-11-17(15)20-13-7-12-19-20/h5-7,10-13,16,18H,3-4,8-9,14H2,1-2H3. The number of hydrogen-bond acceptors (Lipinski definition) is 2. The Kier molecular flexibility index (Phi) is 5.81. The van der Waals surface area contributed by atoms with Crippen LogP contribution in [0.3, 0.4) is 0 Å². The first kappa shape index (κ1) is 14.8. The van der Waals surface area contributed by atoms with Crippen LogP contribution in [-0.4, -0.2) is 15.8 Å². The van der Waals surface area contributed by atoms with Crippen molar-refractivity contribution in [2.75, 3.05) is 0 Å². The van der Waals surface area contributed by atoms with Crippen LogP contribution in [0.1, 0.15) is 45.1 Å². The summed E-state index contributed by atoms with van der Waals surface area (Å²) in [5, 5.41) is 8.03. The maximum absolute atomic E-state index is 4.34. The van der Waals surface area contributed by atoms with E-state index in [4.69, 9.17) is 0 Å². The van der Waals surface area contributed by atoms with Gasteiger partial charge in [0.2, 0.25) is 0 Å². The van der Waals surface area contributed by atoms with Gasteiger partial charge in [-0.3, -0.25) is 0 Å². The van der Waals surface area contributed by atoms with Crippen molar-refractivity contribution in [2.45, 2.75) is 52.1 Å². The number of rotatable bonds is 8. The van der Waals surface area contributed by atoms with Crippen LogP contribution < -0.4 is 5.32 Å². The molecule has 0 fully saturated rings.